The molecule has 0 spiro atoms. The molecule has 0 bridgehead atoms. The number of likely N-dealkylation sites (N-methyl/N-ethyl adjacent to an activating group) is 1. The minimum absolute atomic E-state index is 0.130. The average Bonchev–Trinajstić information content (AvgIpc) is 3.19. The number of rotatable bonds is 6. The Morgan fingerprint density at radius 1 is 1.61 bits per heavy atom. The van der Waals surface area contributed by atoms with Gasteiger partial charge in [0.15, 0.2) is 0 Å². The van der Waals surface area contributed by atoms with Crippen molar-refractivity contribution in [3.05, 3.63) is 29.0 Å². The average molecular weight is 268 g/mol. The molecule has 1 fully saturated rings. The molecule has 1 aliphatic rings. The van der Waals surface area contributed by atoms with E-state index in [-0.39, 0.29) is 5.91 Å². The number of amides is 1. The topological polar surface area (TPSA) is 45.2 Å². The second-order valence-electron chi connectivity index (χ2n) is 4.47. The molecule has 1 amide bonds. The molecule has 0 saturated heterocycles. The lowest BCUT2D eigenvalue weighted by Crippen LogP contribution is -2.36. The van der Waals surface area contributed by atoms with Crippen LogP contribution in [0.3, 0.4) is 0 Å². The highest BCUT2D eigenvalue weighted by Gasteiger charge is 2.27. The van der Waals surface area contributed by atoms with Gasteiger partial charge in [-0.25, -0.2) is 0 Å². The molecule has 1 heterocycles. The van der Waals surface area contributed by atoms with Gasteiger partial charge in [-0.15, -0.1) is 0 Å². The summed E-state index contributed by atoms with van der Waals surface area (Å²) in [4.78, 5) is 18.1. The van der Waals surface area contributed by atoms with Crippen molar-refractivity contribution in [2.75, 3.05) is 19.6 Å². The van der Waals surface area contributed by atoms with Crippen LogP contribution in [0, 0.1) is 0 Å². The van der Waals surface area contributed by atoms with E-state index in [0.29, 0.717) is 17.1 Å². The van der Waals surface area contributed by atoms with Crippen molar-refractivity contribution in [1.29, 1.82) is 0 Å². The first-order valence-electron chi connectivity index (χ1n) is 6.34. The Morgan fingerprint density at radius 2 is 2.39 bits per heavy atom. The molecule has 2 rings (SSSR count). The van der Waals surface area contributed by atoms with Crippen molar-refractivity contribution < 1.29 is 4.79 Å². The molecule has 1 aromatic heterocycles. The molecule has 0 aromatic carbocycles. The van der Waals surface area contributed by atoms with E-state index in [2.05, 4.69) is 22.1 Å². The fourth-order valence-corrected chi connectivity index (χ4v) is 2.21. The summed E-state index contributed by atoms with van der Waals surface area (Å²) in [5.41, 5.74) is 0.487. The predicted octanol–water partition coefficient (Wildman–Crippen LogP) is 1.95. The molecule has 0 atom stereocenters. The second kappa shape index (κ2) is 6.16. The molecular weight excluding hydrogens is 250 g/mol. The van der Waals surface area contributed by atoms with Crippen molar-refractivity contribution in [2.24, 2.45) is 0 Å². The Labute approximate surface area is 112 Å². The third-order valence-corrected chi connectivity index (χ3v) is 3.47. The summed E-state index contributed by atoms with van der Waals surface area (Å²) in [6.07, 6.45) is 5.64. The fourth-order valence-electron chi connectivity index (χ4n) is 2.01. The molecule has 0 unspecified atom stereocenters. The van der Waals surface area contributed by atoms with Gasteiger partial charge in [0.25, 0.3) is 5.91 Å². The number of carbonyl (C=O) groups is 1. The zero-order valence-corrected chi connectivity index (χ0v) is 11.3. The summed E-state index contributed by atoms with van der Waals surface area (Å²) in [6, 6.07) is 2.37. The summed E-state index contributed by atoms with van der Waals surface area (Å²) in [5, 5.41) is 3.29. The van der Waals surface area contributed by atoms with Gasteiger partial charge in [0.05, 0.1) is 10.6 Å². The van der Waals surface area contributed by atoms with Crippen LogP contribution < -0.4 is 5.32 Å². The molecule has 0 aliphatic heterocycles. The van der Waals surface area contributed by atoms with Crippen molar-refractivity contribution in [3.63, 3.8) is 0 Å². The SMILES string of the molecule is CCN(CCNC(=O)c1ccncc1Cl)C1CC1. The van der Waals surface area contributed by atoms with E-state index in [4.69, 9.17) is 11.6 Å². The third-order valence-electron chi connectivity index (χ3n) is 3.17. The van der Waals surface area contributed by atoms with Crippen LogP contribution in [0.4, 0.5) is 0 Å². The lowest BCUT2D eigenvalue weighted by Gasteiger charge is -2.19. The molecule has 1 aliphatic carbocycles. The van der Waals surface area contributed by atoms with Crippen LogP contribution in [0.15, 0.2) is 18.5 Å². The maximum absolute atomic E-state index is 11.9. The van der Waals surface area contributed by atoms with Crippen LogP contribution in [-0.4, -0.2) is 41.5 Å². The summed E-state index contributed by atoms with van der Waals surface area (Å²) in [6.45, 7) is 4.74. The molecule has 1 aromatic rings. The van der Waals surface area contributed by atoms with Gasteiger partial charge in [-0.2, -0.15) is 0 Å². The maximum atomic E-state index is 11.9. The predicted molar refractivity (Wildman–Crippen MR) is 71.8 cm³/mol. The van der Waals surface area contributed by atoms with Crippen molar-refractivity contribution >= 4 is 17.5 Å². The van der Waals surface area contributed by atoms with E-state index in [1.807, 2.05) is 0 Å². The monoisotopic (exact) mass is 267 g/mol. The van der Waals surface area contributed by atoms with E-state index >= 15 is 0 Å². The lowest BCUT2D eigenvalue weighted by molar-refractivity contribution is 0.0948. The van der Waals surface area contributed by atoms with E-state index in [9.17, 15) is 4.79 Å². The molecule has 5 heteroatoms. The van der Waals surface area contributed by atoms with Crippen LogP contribution >= 0.6 is 11.6 Å². The summed E-state index contributed by atoms with van der Waals surface area (Å²) >= 11 is 5.91. The molecule has 0 radical (unpaired) electrons. The van der Waals surface area contributed by atoms with Crippen LogP contribution in [0.5, 0.6) is 0 Å². The van der Waals surface area contributed by atoms with Gasteiger partial charge in [-0.3, -0.25) is 14.7 Å². The Balaban J connectivity index is 1.79. The van der Waals surface area contributed by atoms with Crippen molar-refractivity contribution in [3.8, 4) is 0 Å². The summed E-state index contributed by atoms with van der Waals surface area (Å²) in [5.74, 6) is -0.130. The van der Waals surface area contributed by atoms with E-state index in [1.165, 1.54) is 19.0 Å². The molecule has 1 saturated carbocycles. The highest BCUT2D eigenvalue weighted by Crippen LogP contribution is 2.25. The summed E-state index contributed by atoms with van der Waals surface area (Å²) in [7, 11) is 0. The number of hydrogen-bond donors (Lipinski definition) is 1. The van der Waals surface area contributed by atoms with Gasteiger partial charge in [0.1, 0.15) is 0 Å². The molecular formula is C13H18ClN3O. The summed E-state index contributed by atoms with van der Waals surface area (Å²) < 4.78 is 0. The Bertz CT molecular complexity index is 420. The van der Waals surface area contributed by atoms with Crippen LogP contribution in [-0.2, 0) is 0 Å². The number of nitrogens with one attached hydrogen (secondary N) is 1. The number of hydrogen-bond acceptors (Lipinski definition) is 3. The largest absolute Gasteiger partial charge is 0.351 e. The van der Waals surface area contributed by atoms with Gasteiger partial charge in [-0.1, -0.05) is 18.5 Å². The quantitative estimate of drug-likeness (QED) is 0.857. The van der Waals surface area contributed by atoms with Gasteiger partial charge in [0, 0.05) is 31.5 Å². The lowest BCUT2D eigenvalue weighted by atomic mass is 10.2. The first kappa shape index (κ1) is 13.3. The molecule has 18 heavy (non-hydrogen) atoms. The van der Waals surface area contributed by atoms with E-state index in [0.717, 1.165) is 19.1 Å². The third kappa shape index (κ3) is 3.43. The van der Waals surface area contributed by atoms with Crippen molar-refractivity contribution in [2.45, 2.75) is 25.8 Å². The van der Waals surface area contributed by atoms with Gasteiger partial charge in [-0.05, 0) is 25.5 Å². The Morgan fingerprint density at radius 3 is 3.00 bits per heavy atom. The van der Waals surface area contributed by atoms with Crippen LogP contribution in [0.25, 0.3) is 0 Å². The first-order chi connectivity index (χ1) is 8.72. The first-order valence-corrected chi connectivity index (χ1v) is 6.72. The highest BCUT2D eigenvalue weighted by atomic mass is 35.5. The minimum atomic E-state index is -0.130. The number of aromatic nitrogens is 1. The van der Waals surface area contributed by atoms with E-state index < -0.39 is 0 Å². The smallest absolute Gasteiger partial charge is 0.252 e. The second-order valence-corrected chi connectivity index (χ2v) is 4.88. The van der Waals surface area contributed by atoms with Gasteiger partial charge < -0.3 is 5.32 Å². The fraction of sp³-hybridized carbons (Fsp3) is 0.538. The molecule has 4 nitrogen and oxygen atoms in total. The standard InChI is InChI=1S/C13H18ClN3O/c1-2-17(10-3-4-10)8-7-16-13(18)11-5-6-15-9-12(11)14/h5-6,9-10H,2-4,7-8H2,1H3,(H,16,18). The maximum Gasteiger partial charge on any atom is 0.252 e. The zero-order chi connectivity index (χ0) is 13.0. The number of halogens is 1. The number of pyridine rings is 1. The van der Waals surface area contributed by atoms with Crippen LogP contribution in [0.2, 0.25) is 5.02 Å². The number of nitrogens with zero attached hydrogens (tertiary/aromatic N) is 2. The van der Waals surface area contributed by atoms with E-state index in [1.54, 1.807) is 12.3 Å². The number of carbonyl (C=O) groups excluding carboxylic acids is 1. The normalized spacial score (nSPS) is 14.8. The van der Waals surface area contributed by atoms with Gasteiger partial charge >= 0.3 is 0 Å². The molecule has 1 N–H and O–H groups in total. The highest BCUT2D eigenvalue weighted by molar-refractivity contribution is 6.33. The van der Waals surface area contributed by atoms with Crippen molar-refractivity contribution in [1.82, 2.24) is 15.2 Å². The van der Waals surface area contributed by atoms with Gasteiger partial charge in [0.2, 0.25) is 0 Å². The zero-order valence-electron chi connectivity index (χ0n) is 10.5. The molecule has 98 valence electrons. The minimum Gasteiger partial charge on any atom is -0.351 e. The van der Waals surface area contributed by atoms with Crippen LogP contribution in [0.1, 0.15) is 30.1 Å². The Hall–Kier alpha value is -1.13. The Kier molecular flexibility index (Phi) is 4.55.